The van der Waals surface area contributed by atoms with Gasteiger partial charge in [0.05, 0.1) is 6.04 Å². The molecule has 2 unspecified atom stereocenters. The van der Waals surface area contributed by atoms with E-state index in [0.29, 0.717) is 5.92 Å². The van der Waals surface area contributed by atoms with Gasteiger partial charge >= 0.3 is 0 Å². The third kappa shape index (κ3) is 2.17. The van der Waals surface area contributed by atoms with Crippen LogP contribution in [0.4, 0.5) is 0 Å². The Morgan fingerprint density at radius 3 is 2.95 bits per heavy atom. The van der Waals surface area contributed by atoms with Crippen molar-refractivity contribution in [3.63, 3.8) is 0 Å². The topological polar surface area (TPSA) is 39.2 Å². The molecule has 0 spiro atoms. The number of hydrogen-bond donors (Lipinski definition) is 1. The van der Waals surface area contributed by atoms with E-state index >= 15 is 0 Å². The van der Waals surface area contributed by atoms with Crippen LogP contribution in [0.15, 0.2) is 57.8 Å². The summed E-state index contributed by atoms with van der Waals surface area (Å²) >= 11 is 1.89. The van der Waals surface area contributed by atoms with Gasteiger partial charge in [0.2, 0.25) is 0 Å². The minimum atomic E-state index is -0.0890. The molecule has 1 aliphatic heterocycles. The van der Waals surface area contributed by atoms with Crippen molar-refractivity contribution in [1.29, 1.82) is 0 Å². The van der Waals surface area contributed by atoms with Crippen LogP contribution < -0.4 is 5.73 Å². The maximum Gasteiger partial charge on any atom is 0.134 e. The largest absolute Gasteiger partial charge is 0.459 e. The second-order valence-corrected chi connectivity index (χ2v) is 6.73. The van der Waals surface area contributed by atoms with Gasteiger partial charge in [-0.2, -0.15) is 0 Å². The first-order valence-corrected chi connectivity index (χ1v) is 8.18. The van der Waals surface area contributed by atoms with E-state index < -0.39 is 0 Å². The minimum absolute atomic E-state index is 0.0890. The lowest BCUT2D eigenvalue weighted by molar-refractivity contribution is 0.461. The average Bonchev–Trinajstić information content (AvgIpc) is 3.09. The molecule has 2 atom stereocenters. The Morgan fingerprint density at radius 2 is 2.05 bits per heavy atom. The Kier molecular flexibility index (Phi) is 3.05. The number of hydrogen-bond acceptors (Lipinski definition) is 3. The highest BCUT2D eigenvalue weighted by atomic mass is 32.2. The molecular formula is C18H17NOS. The Morgan fingerprint density at radius 1 is 1.19 bits per heavy atom. The number of aryl methyl sites for hydroxylation is 1. The summed E-state index contributed by atoms with van der Waals surface area (Å²) < 4.78 is 5.98. The third-order valence-corrected chi connectivity index (χ3v) is 5.40. The third-order valence-electron chi connectivity index (χ3n) is 4.19. The molecule has 2 nitrogen and oxygen atoms in total. The Balaban J connectivity index is 1.72. The molecule has 1 aromatic heterocycles. The normalized spacial score (nSPS) is 18.9. The van der Waals surface area contributed by atoms with Crippen LogP contribution in [0.1, 0.15) is 28.8 Å². The molecule has 106 valence electrons. The summed E-state index contributed by atoms with van der Waals surface area (Å²) in [5, 5.41) is 1.14. The van der Waals surface area contributed by atoms with E-state index in [1.54, 1.807) is 0 Å². The first-order valence-electron chi connectivity index (χ1n) is 7.20. The number of thioether (sulfide) groups is 1. The van der Waals surface area contributed by atoms with Crippen LogP contribution in [0.5, 0.6) is 0 Å². The molecule has 3 heteroatoms. The lowest BCUT2D eigenvalue weighted by Gasteiger charge is -2.17. The van der Waals surface area contributed by atoms with Crippen molar-refractivity contribution in [2.45, 2.75) is 23.8 Å². The van der Waals surface area contributed by atoms with Crippen LogP contribution >= 0.6 is 11.8 Å². The monoisotopic (exact) mass is 295 g/mol. The number of nitrogens with two attached hydrogens (primary N) is 1. The number of benzene rings is 2. The van der Waals surface area contributed by atoms with Gasteiger partial charge in [0.15, 0.2) is 0 Å². The summed E-state index contributed by atoms with van der Waals surface area (Å²) in [7, 11) is 0. The number of fused-ring (bicyclic) bond motifs is 2. The Labute approximate surface area is 128 Å². The van der Waals surface area contributed by atoms with Crippen molar-refractivity contribution in [3.05, 3.63) is 65.4 Å². The van der Waals surface area contributed by atoms with E-state index in [-0.39, 0.29) is 6.04 Å². The predicted molar refractivity (Wildman–Crippen MR) is 87.8 cm³/mol. The molecule has 4 rings (SSSR count). The van der Waals surface area contributed by atoms with Crippen LogP contribution in [0, 0.1) is 6.92 Å². The van der Waals surface area contributed by atoms with Gasteiger partial charge in [-0.05, 0) is 36.8 Å². The van der Waals surface area contributed by atoms with Crippen LogP contribution in [0.2, 0.25) is 0 Å². The molecule has 0 saturated carbocycles. The Bertz CT molecular complexity index is 808. The van der Waals surface area contributed by atoms with Gasteiger partial charge in [-0.25, -0.2) is 0 Å². The Hall–Kier alpha value is -1.71. The molecular weight excluding hydrogens is 278 g/mol. The second kappa shape index (κ2) is 4.93. The van der Waals surface area contributed by atoms with Gasteiger partial charge in [-0.1, -0.05) is 29.8 Å². The highest BCUT2D eigenvalue weighted by Crippen LogP contribution is 2.45. The number of furan rings is 1. The molecule has 3 aromatic rings. The molecule has 2 heterocycles. The summed E-state index contributed by atoms with van der Waals surface area (Å²) in [4.78, 5) is 1.35. The fourth-order valence-electron chi connectivity index (χ4n) is 3.03. The van der Waals surface area contributed by atoms with Gasteiger partial charge in [0.25, 0.3) is 0 Å². The quantitative estimate of drug-likeness (QED) is 0.749. The summed E-state index contributed by atoms with van der Waals surface area (Å²) in [6, 6.07) is 16.8. The first kappa shape index (κ1) is 13.0. The lowest BCUT2D eigenvalue weighted by Crippen LogP contribution is -2.19. The molecule has 1 aliphatic rings. The molecule has 0 amide bonds. The van der Waals surface area contributed by atoms with E-state index in [1.807, 2.05) is 17.8 Å². The summed E-state index contributed by atoms with van der Waals surface area (Å²) in [5.41, 5.74) is 10.0. The van der Waals surface area contributed by atoms with Crippen molar-refractivity contribution in [3.8, 4) is 0 Å². The average molecular weight is 295 g/mol. The standard InChI is InChI=1S/C18H17NOS/c1-11-6-7-15-12(8-11)9-16(20-15)18(19)14-10-21-17-5-3-2-4-13(14)17/h2-9,14,18H,10,19H2,1H3. The van der Waals surface area contributed by atoms with E-state index in [2.05, 4.69) is 49.4 Å². The zero-order valence-corrected chi connectivity index (χ0v) is 12.7. The molecule has 0 fully saturated rings. The van der Waals surface area contributed by atoms with E-state index in [0.717, 1.165) is 22.5 Å². The summed E-state index contributed by atoms with van der Waals surface area (Å²) in [5.74, 6) is 2.24. The molecule has 21 heavy (non-hydrogen) atoms. The summed E-state index contributed by atoms with van der Waals surface area (Å²) in [6.45, 7) is 2.09. The molecule has 0 bridgehead atoms. The zero-order valence-electron chi connectivity index (χ0n) is 11.9. The van der Waals surface area contributed by atoms with Gasteiger partial charge < -0.3 is 10.2 Å². The predicted octanol–water partition coefficient (Wildman–Crippen LogP) is 4.63. The minimum Gasteiger partial charge on any atom is -0.459 e. The van der Waals surface area contributed by atoms with Crippen LogP contribution in [-0.2, 0) is 0 Å². The van der Waals surface area contributed by atoms with Crippen molar-refractivity contribution >= 4 is 22.7 Å². The molecule has 0 aliphatic carbocycles. The molecule has 0 radical (unpaired) electrons. The van der Waals surface area contributed by atoms with Crippen LogP contribution in [-0.4, -0.2) is 5.75 Å². The second-order valence-electron chi connectivity index (χ2n) is 5.67. The highest BCUT2D eigenvalue weighted by Gasteiger charge is 2.30. The zero-order chi connectivity index (χ0) is 14.4. The number of rotatable bonds is 2. The lowest BCUT2D eigenvalue weighted by atomic mass is 9.92. The fraction of sp³-hybridized carbons (Fsp3) is 0.222. The van der Waals surface area contributed by atoms with Crippen molar-refractivity contribution < 1.29 is 4.42 Å². The maximum atomic E-state index is 6.51. The van der Waals surface area contributed by atoms with Crippen LogP contribution in [0.3, 0.4) is 0 Å². The van der Waals surface area contributed by atoms with Crippen molar-refractivity contribution in [2.75, 3.05) is 5.75 Å². The first-order chi connectivity index (χ1) is 10.2. The van der Waals surface area contributed by atoms with Crippen molar-refractivity contribution in [1.82, 2.24) is 0 Å². The molecule has 0 saturated heterocycles. The molecule has 2 N–H and O–H groups in total. The van der Waals surface area contributed by atoms with E-state index in [4.69, 9.17) is 10.2 Å². The highest BCUT2D eigenvalue weighted by molar-refractivity contribution is 7.99. The summed E-state index contributed by atoms with van der Waals surface area (Å²) in [6.07, 6.45) is 0. The van der Waals surface area contributed by atoms with Gasteiger partial charge in [0.1, 0.15) is 11.3 Å². The van der Waals surface area contributed by atoms with Gasteiger partial charge in [-0.3, -0.25) is 0 Å². The van der Waals surface area contributed by atoms with E-state index in [9.17, 15) is 0 Å². The SMILES string of the molecule is Cc1ccc2oc(C(N)C3CSc4ccccc43)cc2c1. The van der Waals surface area contributed by atoms with Crippen molar-refractivity contribution in [2.24, 2.45) is 5.73 Å². The van der Waals surface area contributed by atoms with Gasteiger partial charge in [0, 0.05) is 22.0 Å². The van der Waals surface area contributed by atoms with E-state index in [1.165, 1.54) is 16.0 Å². The maximum absolute atomic E-state index is 6.51. The fourth-order valence-corrected chi connectivity index (χ4v) is 4.34. The van der Waals surface area contributed by atoms with Crippen LogP contribution in [0.25, 0.3) is 11.0 Å². The molecule has 2 aromatic carbocycles. The van der Waals surface area contributed by atoms with Gasteiger partial charge in [-0.15, -0.1) is 11.8 Å². The smallest absolute Gasteiger partial charge is 0.134 e.